The van der Waals surface area contributed by atoms with Crippen molar-refractivity contribution in [3.05, 3.63) is 29.3 Å². The zero-order chi connectivity index (χ0) is 12.3. The monoisotopic (exact) mass is 234 g/mol. The van der Waals surface area contributed by atoms with Crippen molar-refractivity contribution in [1.29, 1.82) is 0 Å². The van der Waals surface area contributed by atoms with Crippen LogP contribution in [0.15, 0.2) is 18.2 Å². The van der Waals surface area contributed by atoms with Gasteiger partial charge in [-0.25, -0.2) is 0 Å². The van der Waals surface area contributed by atoms with E-state index in [0.29, 0.717) is 12.6 Å². The summed E-state index contributed by atoms with van der Waals surface area (Å²) in [6.07, 6.45) is 1.38. The lowest BCUT2D eigenvalue weighted by Crippen LogP contribution is -2.31. The smallest absolute Gasteiger partial charge is 0.0721 e. The molecule has 1 unspecified atom stereocenters. The Labute approximate surface area is 104 Å². The number of nitrogens with two attached hydrogens (primary N) is 1. The van der Waals surface area contributed by atoms with Crippen molar-refractivity contribution in [3.63, 3.8) is 0 Å². The van der Waals surface area contributed by atoms with Crippen molar-refractivity contribution in [2.24, 2.45) is 5.73 Å². The summed E-state index contributed by atoms with van der Waals surface area (Å²) in [5, 5.41) is 0. The molecular weight excluding hydrogens is 212 g/mol. The molecule has 1 atom stereocenters. The average Bonchev–Trinajstić information content (AvgIpc) is 2.53. The van der Waals surface area contributed by atoms with Gasteiger partial charge >= 0.3 is 0 Å². The maximum Gasteiger partial charge on any atom is 0.0721 e. The molecular formula is C14H22N2O. The van der Waals surface area contributed by atoms with Gasteiger partial charge in [-0.3, -0.25) is 0 Å². The minimum absolute atomic E-state index is 0.296. The van der Waals surface area contributed by atoms with Gasteiger partial charge in [-0.15, -0.1) is 0 Å². The Hall–Kier alpha value is -1.06. The second kappa shape index (κ2) is 5.52. The number of hydrogen-bond acceptors (Lipinski definition) is 3. The number of rotatable bonds is 2. The first-order valence-corrected chi connectivity index (χ1v) is 6.37. The average molecular weight is 234 g/mol. The summed E-state index contributed by atoms with van der Waals surface area (Å²) in [6.45, 7) is 7.71. The summed E-state index contributed by atoms with van der Waals surface area (Å²) in [5.74, 6) is 0. The van der Waals surface area contributed by atoms with E-state index in [-0.39, 0.29) is 0 Å². The maximum atomic E-state index is 5.84. The molecule has 0 aromatic heterocycles. The molecule has 2 N–H and O–H groups in total. The zero-order valence-corrected chi connectivity index (χ0v) is 10.8. The number of aryl methyl sites for hydroxylation is 1. The fraction of sp³-hybridized carbons (Fsp3) is 0.571. The van der Waals surface area contributed by atoms with Gasteiger partial charge in [-0.1, -0.05) is 17.7 Å². The molecule has 1 fully saturated rings. The van der Waals surface area contributed by atoms with Crippen molar-refractivity contribution >= 4 is 5.69 Å². The third-order valence-electron chi connectivity index (χ3n) is 3.25. The number of nitrogens with zero attached hydrogens (tertiary/aromatic N) is 1. The molecule has 0 aliphatic carbocycles. The molecule has 94 valence electrons. The van der Waals surface area contributed by atoms with Crippen LogP contribution in [0.25, 0.3) is 0 Å². The minimum Gasteiger partial charge on any atom is -0.377 e. The highest BCUT2D eigenvalue weighted by Crippen LogP contribution is 2.23. The molecule has 0 radical (unpaired) electrons. The standard InChI is InChI=1S/C14H22N2O/c1-11-4-5-14(13(8-11)9-15)16-6-3-7-17-12(2)10-16/h4-5,8,12H,3,6-7,9-10,15H2,1-2H3. The predicted molar refractivity (Wildman–Crippen MR) is 71.3 cm³/mol. The van der Waals surface area contributed by atoms with E-state index in [1.807, 2.05) is 0 Å². The molecule has 0 amide bonds. The van der Waals surface area contributed by atoms with Gasteiger partial charge in [0.1, 0.15) is 0 Å². The molecule has 1 aromatic carbocycles. The third-order valence-corrected chi connectivity index (χ3v) is 3.25. The lowest BCUT2D eigenvalue weighted by Gasteiger charge is -2.26. The first kappa shape index (κ1) is 12.4. The highest BCUT2D eigenvalue weighted by Gasteiger charge is 2.17. The lowest BCUT2D eigenvalue weighted by molar-refractivity contribution is 0.0821. The molecule has 1 aliphatic rings. The van der Waals surface area contributed by atoms with Crippen LogP contribution in [0.2, 0.25) is 0 Å². The van der Waals surface area contributed by atoms with Crippen LogP contribution < -0.4 is 10.6 Å². The zero-order valence-electron chi connectivity index (χ0n) is 10.8. The van der Waals surface area contributed by atoms with Crippen molar-refractivity contribution in [2.45, 2.75) is 32.9 Å². The molecule has 17 heavy (non-hydrogen) atoms. The first-order valence-electron chi connectivity index (χ1n) is 6.37. The van der Waals surface area contributed by atoms with Crippen LogP contribution in [0, 0.1) is 6.92 Å². The van der Waals surface area contributed by atoms with Crippen LogP contribution in [0.5, 0.6) is 0 Å². The molecule has 0 spiro atoms. The number of ether oxygens (including phenoxy) is 1. The summed E-state index contributed by atoms with van der Waals surface area (Å²) in [7, 11) is 0. The Bertz CT molecular complexity index is 378. The molecule has 1 aromatic rings. The van der Waals surface area contributed by atoms with E-state index in [0.717, 1.165) is 26.1 Å². The quantitative estimate of drug-likeness (QED) is 0.851. The molecule has 0 bridgehead atoms. The molecule has 3 nitrogen and oxygen atoms in total. The predicted octanol–water partition coefficient (Wildman–Crippen LogP) is 2.07. The van der Waals surface area contributed by atoms with Crippen molar-refractivity contribution in [2.75, 3.05) is 24.6 Å². The highest BCUT2D eigenvalue weighted by molar-refractivity contribution is 5.55. The summed E-state index contributed by atoms with van der Waals surface area (Å²) in [6, 6.07) is 6.53. The van der Waals surface area contributed by atoms with Gasteiger partial charge in [0.2, 0.25) is 0 Å². The van der Waals surface area contributed by atoms with Crippen molar-refractivity contribution in [3.8, 4) is 0 Å². The van der Waals surface area contributed by atoms with E-state index in [4.69, 9.17) is 10.5 Å². The fourth-order valence-corrected chi connectivity index (χ4v) is 2.40. The Balaban J connectivity index is 2.25. The van der Waals surface area contributed by atoms with Crippen molar-refractivity contribution < 1.29 is 4.74 Å². The molecule has 1 heterocycles. The van der Waals surface area contributed by atoms with Gasteiger partial charge < -0.3 is 15.4 Å². The summed E-state index contributed by atoms with van der Waals surface area (Å²) >= 11 is 0. The normalized spacial score (nSPS) is 21.4. The number of anilines is 1. The van der Waals surface area contributed by atoms with Crippen molar-refractivity contribution in [1.82, 2.24) is 0 Å². The van der Waals surface area contributed by atoms with E-state index in [9.17, 15) is 0 Å². The fourth-order valence-electron chi connectivity index (χ4n) is 2.40. The van der Waals surface area contributed by atoms with Gasteiger partial charge in [-0.2, -0.15) is 0 Å². The number of hydrogen-bond donors (Lipinski definition) is 1. The van der Waals surface area contributed by atoms with Gasteiger partial charge in [0.05, 0.1) is 6.10 Å². The van der Waals surface area contributed by atoms with Gasteiger partial charge in [-0.05, 0) is 31.9 Å². The van der Waals surface area contributed by atoms with Crippen LogP contribution in [0.4, 0.5) is 5.69 Å². The minimum atomic E-state index is 0.296. The highest BCUT2D eigenvalue weighted by atomic mass is 16.5. The van der Waals surface area contributed by atoms with Gasteiger partial charge in [0.15, 0.2) is 0 Å². The van der Waals surface area contributed by atoms with E-state index < -0.39 is 0 Å². The molecule has 2 rings (SSSR count). The second-order valence-electron chi connectivity index (χ2n) is 4.82. The molecule has 1 aliphatic heterocycles. The second-order valence-corrected chi connectivity index (χ2v) is 4.82. The van der Waals surface area contributed by atoms with E-state index in [2.05, 4.69) is 36.9 Å². The Morgan fingerprint density at radius 1 is 1.47 bits per heavy atom. The van der Waals surface area contributed by atoms with Crippen LogP contribution in [-0.2, 0) is 11.3 Å². The van der Waals surface area contributed by atoms with Gasteiger partial charge in [0.25, 0.3) is 0 Å². The summed E-state index contributed by atoms with van der Waals surface area (Å²) < 4.78 is 5.68. The Kier molecular flexibility index (Phi) is 4.02. The van der Waals surface area contributed by atoms with Crippen LogP contribution in [0.1, 0.15) is 24.5 Å². The summed E-state index contributed by atoms with van der Waals surface area (Å²) in [5.41, 5.74) is 9.62. The first-order chi connectivity index (χ1) is 8.20. The van der Waals surface area contributed by atoms with Crippen LogP contribution in [0.3, 0.4) is 0 Å². The lowest BCUT2D eigenvalue weighted by atomic mass is 10.1. The summed E-state index contributed by atoms with van der Waals surface area (Å²) in [4.78, 5) is 2.40. The molecule has 3 heteroatoms. The number of benzene rings is 1. The maximum absolute atomic E-state index is 5.84. The Morgan fingerprint density at radius 3 is 3.06 bits per heavy atom. The topological polar surface area (TPSA) is 38.5 Å². The molecule has 0 saturated carbocycles. The van der Waals surface area contributed by atoms with Gasteiger partial charge in [0, 0.05) is 31.9 Å². The van der Waals surface area contributed by atoms with E-state index in [1.165, 1.54) is 16.8 Å². The molecule has 1 saturated heterocycles. The Morgan fingerprint density at radius 2 is 2.29 bits per heavy atom. The SMILES string of the molecule is Cc1ccc(N2CCCOC(C)C2)c(CN)c1. The van der Waals surface area contributed by atoms with Crippen LogP contribution >= 0.6 is 0 Å². The van der Waals surface area contributed by atoms with E-state index in [1.54, 1.807) is 0 Å². The third kappa shape index (κ3) is 2.99. The van der Waals surface area contributed by atoms with E-state index >= 15 is 0 Å². The van der Waals surface area contributed by atoms with Crippen LogP contribution in [-0.4, -0.2) is 25.8 Å². The largest absolute Gasteiger partial charge is 0.377 e.